The fourth-order valence-corrected chi connectivity index (χ4v) is 3.42. The minimum Gasteiger partial charge on any atom is -0.325 e. The van der Waals surface area contributed by atoms with Crippen LogP contribution < -0.4 is 5.32 Å². The molecule has 24 heavy (non-hydrogen) atoms. The Balaban J connectivity index is 2.07. The van der Waals surface area contributed by atoms with Crippen LogP contribution in [0.1, 0.15) is 43.0 Å². The summed E-state index contributed by atoms with van der Waals surface area (Å²) in [5.74, 6) is 0.459. The van der Waals surface area contributed by atoms with Gasteiger partial charge in [0.15, 0.2) is 0 Å². The number of hydrogen-bond donors (Lipinski definition) is 1. The molecule has 128 valence electrons. The average Bonchev–Trinajstić information content (AvgIpc) is 2.49. The highest BCUT2D eigenvalue weighted by Crippen LogP contribution is 2.30. The Morgan fingerprint density at radius 3 is 2.21 bits per heavy atom. The van der Waals surface area contributed by atoms with E-state index in [-0.39, 0.29) is 11.3 Å². The van der Waals surface area contributed by atoms with E-state index < -0.39 is 0 Å². The summed E-state index contributed by atoms with van der Waals surface area (Å²) >= 11 is 1.60. The minimum atomic E-state index is 0.0398. The van der Waals surface area contributed by atoms with E-state index in [4.69, 9.17) is 0 Å². The van der Waals surface area contributed by atoms with E-state index in [0.717, 1.165) is 16.8 Å². The Bertz CT molecular complexity index is 724. The second-order valence-corrected chi connectivity index (χ2v) is 8.35. The highest BCUT2D eigenvalue weighted by molar-refractivity contribution is 8.00. The molecule has 0 bridgehead atoms. The van der Waals surface area contributed by atoms with Crippen LogP contribution in [0.2, 0.25) is 0 Å². The summed E-state index contributed by atoms with van der Waals surface area (Å²) in [6.45, 7) is 12.8. The van der Waals surface area contributed by atoms with Crippen LogP contribution in [0.15, 0.2) is 41.3 Å². The normalized spacial score (nSPS) is 11.4. The molecule has 0 saturated carbocycles. The lowest BCUT2D eigenvalue weighted by molar-refractivity contribution is -0.113. The van der Waals surface area contributed by atoms with Crippen molar-refractivity contribution in [2.24, 2.45) is 0 Å². The molecule has 0 unspecified atom stereocenters. The van der Waals surface area contributed by atoms with Gasteiger partial charge in [-0.15, -0.1) is 11.8 Å². The second-order valence-electron chi connectivity index (χ2n) is 7.33. The average molecular weight is 342 g/mol. The molecule has 0 atom stereocenters. The fourth-order valence-electron chi connectivity index (χ4n) is 2.55. The maximum atomic E-state index is 12.4. The van der Waals surface area contributed by atoms with Gasteiger partial charge < -0.3 is 5.32 Å². The maximum absolute atomic E-state index is 12.4. The Hall–Kier alpha value is -1.74. The van der Waals surface area contributed by atoms with E-state index in [2.05, 4.69) is 51.2 Å². The van der Waals surface area contributed by atoms with Crippen molar-refractivity contribution in [1.29, 1.82) is 0 Å². The van der Waals surface area contributed by atoms with Gasteiger partial charge in [-0.1, -0.05) is 51.1 Å². The molecule has 0 spiro atoms. The molecular weight excluding hydrogens is 314 g/mol. The van der Waals surface area contributed by atoms with Gasteiger partial charge in [0, 0.05) is 10.6 Å². The molecule has 0 aliphatic heterocycles. The van der Waals surface area contributed by atoms with Gasteiger partial charge in [-0.25, -0.2) is 0 Å². The van der Waals surface area contributed by atoms with E-state index in [1.54, 1.807) is 11.8 Å². The van der Waals surface area contributed by atoms with Crippen molar-refractivity contribution in [3.8, 4) is 0 Å². The molecule has 0 aromatic heterocycles. The molecule has 2 rings (SSSR count). The molecule has 0 radical (unpaired) electrons. The lowest BCUT2D eigenvalue weighted by Crippen LogP contribution is -2.16. The van der Waals surface area contributed by atoms with Crippen LogP contribution in [-0.2, 0) is 10.2 Å². The van der Waals surface area contributed by atoms with E-state index in [1.165, 1.54) is 16.0 Å². The molecule has 0 heterocycles. The third-order valence-electron chi connectivity index (χ3n) is 4.16. The van der Waals surface area contributed by atoms with Crippen LogP contribution in [-0.4, -0.2) is 11.7 Å². The molecule has 0 saturated heterocycles. The number of rotatable bonds is 4. The van der Waals surface area contributed by atoms with Gasteiger partial charge >= 0.3 is 0 Å². The number of hydrogen-bond acceptors (Lipinski definition) is 2. The zero-order valence-electron chi connectivity index (χ0n) is 15.5. The minimum absolute atomic E-state index is 0.0398. The van der Waals surface area contributed by atoms with Gasteiger partial charge in [0.25, 0.3) is 0 Å². The Morgan fingerprint density at radius 2 is 1.62 bits per heavy atom. The van der Waals surface area contributed by atoms with E-state index in [9.17, 15) is 4.79 Å². The number of aryl methyl sites for hydroxylation is 3. The largest absolute Gasteiger partial charge is 0.325 e. The highest BCUT2D eigenvalue weighted by atomic mass is 32.2. The molecule has 0 fully saturated rings. The molecule has 0 aliphatic carbocycles. The lowest BCUT2D eigenvalue weighted by atomic mass is 9.87. The lowest BCUT2D eigenvalue weighted by Gasteiger charge is -2.20. The number of carbonyl (C=O) groups is 1. The standard InChI is InChI=1S/C21H27NOS/c1-14-10-11-17(21(4,5)6)12-18(14)24-13-19(23)22-20-15(2)8-7-9-16(20)3/h7-12H,13H2,1-6H3,(H,22,23). The number of anilines is 1. The van der Waals surface area contributed by atoms with Gasteiger partial charge in [0.05, 0.1) is 5.75 Å². The molecule has 2 nitrogen and oxygen atoms in total. The molecule has 2 aromatic carbocycles. The second kappa shape index (κ2) is 7.43. The smallest absolute Gasteiger partial charge is 0.234 e. The summed E-state index contributed by atoms with van der Waals surface area (Å²) in [7, 11) is 0. The van der Waals surface area contributed by atoms with Crippen LogP contribution in [0.4, 0.5) is 5.69 Å². The van der Waals surface area contributed by atoms with E-state index in [1.807, 2.05) is 32.0 Å². The summed E-state index contributed by atoms with van der Waals surface area (Å²) in [6.07, 6.45) is 0. The van der Waals surface area contributed by atoms with Gasteiger partial charge in [-0.2, -0.15) is 0 Å². The quantitative estimate of drug-likeness (QED) is 0.729. The zero-order valence-corrected chi connectivity index (χ0v) is 16.3. The number of carbonyl (C=O) groups excluding carboxylic acids is 1. The van der Waals surface area contributed by atoms with Crippen molar-refractivity contribution in [2.75, 3.05) is 11.1 Å². The Kier molecular flexibility index (Phi) is 5.76. The van der Waals surface area contributed by atoms with Gasteiger partial charge in [-0.05, 0) is 54.5 Å². The predicted octanol–water partition coefficient (Wildman–Crippen LogP) is 5.64. The zero-order chi connectivity index (χ0) is 17.9. The van der Waals surface area contributed by atoms with Crippen molar-refractivity contribution < 1.29 is 4.79 Å². The van der Waals surface area contributed by atoms with Crippen LogP contribution >= 0.6 is 11.8 Å². The summed E-state index contributed by atoms with van der Waals surface area (Å²) in [5, 5.41) is 3.05. The van der Waals surface area contributed by atoms with Crippen LogP contribution in [0.3, 0.4) is 0 Å². The molecule has 1 N–H and O–H groups in total. The first-order chi connectivity index (χ1) is 11.2. The number of thioether (sulfide) groups is 1. The van der Waals surface area contributed by atoms with E-state index >= 15 is 0 Å². The Morgan fingerprint density at radius 1 is 1.00 bits per heavy atom. The molecule has 1 amide bonds. The third-order valence-corrected chi connectivity index (χ3v) is 5.32. The number of para-hydroxylation sites is 1. The first-order valence-electron chi connectivity index (χ1n) is 8.28. The fraction of sp³-hybridized carbons (Fsp3) is 0.381. The summed E-state index contributed by atoms with van der Waals surface area (Å²) in [4.78, 5) is 13.5. The number of benzene rings is 2. The molecule has 0 aliphatic rings. The van der Waals surface area contributed by atoms with Crippen molar-refractivity contribution in [2.45, 2.75) is 51.9 Å². The van der Waals surface area contributed by atoms with Crippen molar-refractivity contribution in [1.82, 2.24) is 0 Å². The number of amides is 1. The Labute approximate surface area is 150 Å². The van der Waals surface area contributed by atoms with Gasteiger partial charge in [-0.3, -0.25) is 4.79 Å². The topological polar surface area (TPSA) is 29.1 Å². The molecule has 3 heteroatoms. The van der Waals surface area contributed by atoms with Gasteiger partial charge in [0.1, 0.15) is 0 Å². The monoisotopic (exact) mass is 341 g/mol. The van der Waals surface area contributed by atoms with Crippen LogP contribution in [0.25, 0.3) is 0 Å². The van der Waals surface area contributed by atoms with E-state index in [0.29, 0.717) is 5.75 Å². The van der Waals surface area contributed by atoms with Crippen molar-refractivity contribution in [3.05, 3.63) is 58.7 Å². The van der Waals surface area contributed by atoms with Crippen LogP contribution in [0.5, 0.6) is 0 Å². The first kappa shape index (κ1) is 18.6. The summed E-state index contributed by atoms with van der Waals surface area (Å²) in [5.41, 5.74) is 5.75. The molecular formula is C21H27NOS. The number of nitrogens with one attached hydrogen (secondary N) is 1. The van der Waals surface area contributed by atoms with Crippen LogP contribution in [0, 0.1) is 20.8 Å². The van der Waals surface area contributed by atoms with Crippen molar-refractivity contribution >= 4 is 23.4 Å². The predicted molar refractivity (Wildman–Crippen MR) is 105 cm³/mol. The maximum Gasteiger partial charge on any atom is 0.234 e. The first-order valence-corrected chi connectivity index (χ1v) is 9.27. The summed E-state index contributed by atoms with van der Waals surface area (Å²) < 4.78 is 0. The van der Waals surface area contributed by atoms with Crippen molar-refractivity contribution in [3.63, 3.8) is 0 Å². The van der Waals surface area contributed by atoms with Gasteiger partial charge in [0.2, 0.25) is 5.91 Å². The molecule has 2 aromatic rings. The highest BCUT2D eigenvalue weighted by Gasteiger charge is 2.15. The third kappa shape index (κ3) is 4.64. The SMILES string of the molecule is Cc1ccc(C(C)(C)C)cc1SCC(=O)Nc1c(C)cccc1C. The summed E-state index contributed by atoms with van der Waals surface area (Å²) in [6, 6.07) is 12.6.